The molecular weight excluding hydrogens is 294 g/mol. The fraction of sp³-hybridized carbons (Fsp3) is 0.143. The number of nitrogens with two attached hydrogens (primary N) is 1. The normalized spacial score (nSPS) is 12.8. The topological polar surface area (TPSA) is 86.5 Å². The van der Waals surface area contributed by atoms with Crippen molar-refractivity contribution in [2.45, 2.75) is 0 Å². The van der Waals surface area contributed by atoms with E-state index in [0.29, 0.717) is 30.4 Å². The van der Waals surface area contributed by atoms with Gasteiger partial charge in [-0.05, 0) is 24.3 Å². The monoisotopic (exact) mass is 305 g/mol. The summed E-state index contributed by atoms with van der Waals surface area (Å²) in [4.78, 5) is 16.1. The van der Waals surface area contributed by atoms with E-state index in [9.17, 15) is 4.79 Å². The summed E-state index contributed by atoms with van der Waals surface area (Å²) in [7, 11) is 0. The number of aromatic nitrogens is 1. The standard InChI is InChI=1S/C14H12ClN3O3/c15-9-2-4-12(16)18-13(9)14(19)17-8-1-3-10-11(7-8)21-6-5-20-10/h1-4,7H,5-6H2,(H2,16,18)(H,17,19). The van der Waals surface area contributed by atoms with Crippen molar-refractivity contribution in [3.8, 4) is 11.5 Å². The number of rotatable bonds is 2. The molecule has 6 nitrogen and oxygen atoms in total. The second kappa shape index (κ2) is 5.49. The van der Waals surface area contributed by atoms with Gasteiger partial charge in [-0.1, -0.05) is 11.6 Å². The van der Waals surface area contributed by atoms with Crippen LogP contribution < -0.4 is 20.5 Å². The number of hydrogen-bond acceptors (Lipinski definition) is 5. The van der Waals surface area contributed by atoms with E-state index in [-0.39, 0.29) is 16.5 Å². The molecule has 0 unspecified atom stereocenters. The molecule has 0 aliphatic carbocycles. The van der Waals surface area contributed by atoms with Crippen LogP contribution in [0.25, 0.3) is 0 Å². The highest BCUT2D eigenvalue weighted by atomic mass is 35.5. The van der Waals surface area contributed by atoms with Crippen molar-refractivity contribution in [3.63, 3.8) is 0 Å². The molecule has 0 bridgehead atoms. The smallest absolute Gasteiger partial charge is 0.275 e. The number of pyridine rings is 1. The molecule has 0 atom stereocenters. The Morgan fingerprint density at radius 2 is 1.95 bits per heavy atom. The van der Waals surface area contributed by atoms with Gasteiger partial charge in [0.2, 0.25) is 0 Å². The highest BCUT2D eigenvalue weighted by Crippen LogP contribution is 2.32. The molecule has 7 heteroatoms. The molecule has 0 fully saturated rings. The van der Waals surface area contributed by atoms with Crippen molar-refractivity contribution in [2.24, 2.45) is 0 Å². The van der Waals surface area contributed by atoms with Gasteiger partial charge < -0.3 is 20.5 Å². The molecule has 21 heavy (non-hydrogen) atoms. The third-order valence-corrected chi connectivity index (χ3v) is 3.19. The maximum atomic E-state index is 12.2. The minimum atomic E-state index is -0.441. The minimum Gasteiger partial charge on any atom is -0.486 e. The molecule has 0 spiro atoms. The summed E-state index contributed by atoms with van der Waals surface area (Å²) in [5, 5.41) is 2.93. The molecule has 3 N–H and O–H groups in total. The number of nitrogen functional groups attached to an aromatic ring is 1. The van der Waals surface area contributed by atoms with Crippen molar-refractivity contribution in [3.05, 3.63) is 41.0 Å². The van der Waals surface area contributed by atoms with Crippen LogP contribution in [0.15, 0.2) is 30.3 Å². The van der Waals surface area contributed by atoms with Crippen LogP contribution in [0.4, 0.5) is 11.5 Å². The van der Waals surface area contributed by atoms with Gasteiger partial charge in [0.15, 0.2) is 11.5 Å². The zero-order valence-electron chi connectivity index (χ0n) is 10.9. The first-order valence-electron chi connectivity index (χ1n) is 6.26. The average Bonchev–Trinajstić information content (AvgIpc) is 2.49. The number of carbonyl (C=O) groups excluding carboxylic acids is 1. The number of benzene rings is 1. The summed E-state index contributed by atoms with van der Waals surface area (Å²) in [5.74, 6) is 1.03. The molecular formula is C14H12ClN3O3. The molecule has 1 amide bonds. The van der Waals surface area contributed by atoms with Crippen molar-refractivity contribution in [2.75, 3.05) is 24.3 Å². The molecule has 1 aromatic heterocycles. The molecule has 1 aliphatic rings. The van der Waals surface area contributed by atoms with Crippen LogP contribution in [0, 0.1) is 0 Å². The number of hydrogen-bond donors (Lipinski definition) is 2. The van der Waals surface area contributed by atoms with Gasteiger partial charge in [-0.15, -0.1) is 0 Å². The van der Waals surface area contributed by atoms with Crippen LogP contribution in [0.5, 0.6) is 11.5 Å². The van der Waals surface area contributed by atoms with Crippen molar-refractivity contribution >= 4 is 29.0 Å². The number of nitrogens with one attached hydrogen (secondary N) is 1. The van der Waals surface area contributed by atoms with Crippen LogP contribution >= 0.6 is 11.6 Å². The Balaban J connectivity index is 1.83. The van der Waals surface area contributed by atoms with E-state index in [1.54, 1.807) is 18.2 Å². The lowest BCUT2D eigenvalue weighted by Crippen LogP contribution is -2.17. The highest BCUT2D eigenvalue weighted by molar-refractivity contribution is 6.34. The van der Waals surface area contributed by atoms with Crippen LogP contribution in [-0.2, 0) is 0 Å². The van der Waals surface area contributed by atoms with Gasteiger partial charge in [0, 0.05) is 11.8 Å². The molecule has 108 valence electrons. The van der Waals surface area contributed by atoms with Crippen molar-refractivity contribution in [1.82, 2.24) is 4.98 Å². The predicted octanol–water partition coefficient (Wildman–Crippen LogP) is 2.34. The van der Waals surface area contributed by atoms with Crippen LogP contribution in [0.3, 0.4) is 0 Å². The summed E-state index contributed by atoms with van der Waals surface area (Å²) in [6.07, 6.45) is 0. The quantitative estimate of drug-likeness (QED) is 0.889. The number of fused-ring (bicyclic) bond motifs is 1. The number of anilines is 2. The van der Waals surface area contributed by atoms with Crippen LogP contribution in [0.2, 0.25) is 5.02 Å². The summed E-state index contributed by atoms with van der Waals surface area (Å²) in [5.41, 5.74) is 6.20. The first kappa shape index (κ1) is 13.5. The van der Waals surface area contributed by atoms with Gasteiger partial charge >= 0.3 is 0 Å². The number of amides is 1. The maximum absolute atomic E-state index is 12.2. The number of nitrogens with zero attached hydrogens (tertiary/aromatic N) is 1. The van der Waals surface area contributed by atoms with Gasteiger partial charge in [-0.2, -0.15) is 0 Å². The second-order valence-corrected chi connectivity index (χ2v) is 4.79. The molecule has 0 radical (unpaired) electrons. The summed E-state index contributed by atoms with van der Waals surface area (Å²) >= 11 is 5.95. The van der Waals surface area contributed by atoms with Gasteiger partial charge in [-0.3, -0.25) is 4.79 Å². The van der Waals surface area contributed by atoms with E-state index >= 15 is 0 Å². The zero-order chi connectivity index (χ0) is 14.8. The van der Waals surface area contributed by atoms with Gasteiger partial charge in [0.1, 0.15) is 24.7 Å². The van der Waals surface area contributed by atoms with Gasteiger partial charge in [-0.25, -0.2) is 4.98 Å². The summed E-state index contributed by atoms with van der Waals surface area (Å²) in [6, 6.07) is 8.20. The first-order valence-corrected chi connectivity index (χ1v) is 6.64. The third kappa shape index (κ3) is 2.85. The summed E-state index contributed by atoms with van der Waals surface area (Å²) < 4.78 is 10.9. The third-order valence-electron chi connectivity index (χ3n) is 2.88. The number of carbonyl (C=O) groups is 1. The molecule has 1 aliphatic heterocycles. The molecule has 3 rings (SSSR count). The Hall–Kier alpha value is -2.47. The largest absolute Gasteiger partial charge is 0.486 e. The Morgan fingerprint density at radius 3 is 2.76 bits per heavy atom. The van der Waals surface area contributed by atoms with E-state index in [4.69, 9.17) is 26.8 Å². The molecule has 0 saturated carbocycles. The molecule has 2 aromatic rings. The first-order chi connectivity index (χ1) is 10.1. The lowest BCUT2D eigenvalue weighted by molar-refractivity contribution is 0.102. The molecule has 1 aromatic carbocycles. The van der Waals surface area contributed by atoms with Crippen LogP contribution in [-0.4, -0.2) is 24.1 Å². The lowest BCUT2D eigenvalue weighted by Gasteiger charge is -2.19. The number of ether oxygens (including phenoxy) is 2. The fourth-order valence-electron chi connectivity index (χ4n) is 1.93. The minimum absolute atomic E-state index is 0.0755. The van der Waals surface area contributed by atoms with E-state index in [0.717, 1.165) is 0 Å². The Bertz CT molecular complexity index is 706. The van der Waals surface area contributed by atoms with Crippen molar-refractivity contribution < 1.29 is 14.3 Å². The Labute approximate surface area is 125 Å². The highest BCUT2D eigenvalue weighted by Gasteiger charge is 2.16. The van der Waals surface area contributed by atoms with Crippen LogP contribution in [0.1, 0.15) is 10.5 Å². The Kier molecular flexibility index (Phi) is 3.53. The number of halogens is 1. The maximum Gasteiger partial charge on any atom is 0.275 e. The van der Waals surface area contributed by atoms with E-state index in [2.05, 4.69) is 10.3 Å². The van der Waals surface area contributed by atoms with Gasteiger partial charge in [0.25, 0.3) is 5.91 Å². The molecule has 2 heterocycles. The van der Waals surface area contributed by atoms with E-state index < -0.39 is 5.91 Å². The SMILES string of the molecule is Nc1ccc(Cl)c(C(=O)Nc2ccc3c(c2)OCCO3)n1. The molecule has 0 saturated heterocycles. The van der Waals surface area contributed by atoms with Crippen molar-refractivity contribution in [1.29, 1.82) is 0 Å². The predicted molar refractivity (Wildman–Crippen MR) is 79.0 cm³/mol. The average molecular weight is 306 g/mol. The zero-order valence-corrected chi connectivity index (χ0v) is 11.7. The fourth-order valence-corrected chi connectivity index (χ4v) is 2.12. The lowest BCUT2D eigenvalue weighted by atomic mass is 10.2. The second-order valence-electron chi connectivity index (χ2n) is 4.38. The van der Waals surface area contributed by atoms with E-state index in [1.807, 2.05) is 0 Å². The van der Waals surface area contributed by atoms with Gasteiger partial charge in [0.05, 0.1) is 5.02 Å². The van der Waals surface area contributed by atoms with E-state index in [1.165, 1.54) is 12.1 Å². The Morgan fingerprint density at radius 1 is 1.19 bits per heavy atom. The summed E-state index contributed by atoms with van der Waals surface area (Å²) in [6.45, 7) is 0.995.